The molecular formula is C9H13F3N2O. The zero-order valence-corrected chi connectivity index (χ0v) is 8.26. The molecule has 3 nitrogen and oxygen atoms in total. The number of hydrogen-bond donors (Lipinski definition) is 0. The van der Waals surface area contributed by atoms with Crippen molar-refractivity contribution in [3.63, 3.8) is 0 Å². The van der Waals surface area contributed by atoms with E-state index >= 15 is 0 Å². The molecule has 1 aliphatic rings. The second kappa shape index (κ2) is 5.33. The zero-order chi connectivity index (χ0) is 11.3. The van der Waals surface area contributed by atoms with Crippen LogP contribution in [-0.2, 0) is 4.74 Å². The van der Waals surface area contributed by atoms with Crippen LogP contribution in [0.2, 0.25) is 0 Å². The van der Waals surface area contributed by atoms with E-state index in [1.54, 1.807) is 0 Å². The summed E-state index contributed by atoms with van der Waals surface area (Å²) in [5.41, 5.74) is 0. The SMILES string of the molecule is N#CC1CCN(CCOC(F)(F)F)CC1. The monoisotopic (exact) mass is 222 g/mol. The van der Waals surface area contributed by atoms with E-state index in [-0.39, 0.29) is 19.1 Å². The molecule has 0 aromatic carbocycles. The summed E-state index contributed by atoms with van der Waals surface area (Å²) in [5, 5.41) is 8.62. The molecule has 0 unspecified atom stereocenters. The van der Waals surface area contributed by atoms with E-state index in [1.165, 1.54) is 0 Å². The highest BCUT2D eigenvalue weighted by molar-refractivity contribution is 4.87. The summed E-state index contributed by atoms with van der Waals surface area (Å²) in [4.78, 5) is 1.89. The second-order valence-corrected chi connectivity index (χ2v) is 3.54. The molecule has 0 aromatic heterocycles. The maximum Gasteiger partial charge on any atom is 0.522 e. The highest BCUT2D eigenvalue weighted by Crippen LogP contribution is 2.18. The molecule has 0 amide bonds. The van der Waals surface area contributed by atoms with Crippen LogP contribution in [-0.4, -0.2) is 37.5 Å². The van der Waals surface area contributed by atoms with Gasteiger partial charge in [-0.25, -0.2) is 0 Å². The van der Waals surface area contributed by atoms with Gasteiger partial charge in [0.05, 0.1) is 12.7 Å². The summed E-state index contributed by atoms with van der Waals surface area (Å²) in [6, 6.07) is 2.17. The maximum atomic E-state index is 11.6. The Morgan fingerprint density at radius 3 is 2.40 bits per heavy atom. The van der Waals surface area contributed by atoms with Gasteiger partial charge in [0, 0.05) is 12.5 Å². The predicted molar refractivity (Wildman–Crippen MR) is 46.8 cm³/mol. The van der Waals surface area contributed by atoms with Gasteiger partial charge in [0.15, 0.2) is 0 Å². The van der Waals surface area contributed by atoms with Gasteiger partial charge in [-0.15, -0.1) is 13.2 Å². The molecule has 0 spiro atoms. The molecule has 0 atom stereocenters. The van der Waals surface area contributed by atoms with Crippen LogP contribution in [0.25, 0.3) is 0 Å². The molecule has 1 aliphatic heterocycles. The molecule has 0 aromatic rings. The second-order valence-electron chi connectivity index (χ2n) is 3.54. The van der Waals surface area contributed by atoms with Crippen LogP contribution in [0.5, 0.6) is 0 Å². The lowest BCUT2D eigenvalue weighted by molar-refractivity contribution is -0.325. The first-order valence-corrected chi connectivity index (χ1v) is 4.84. The molecule has 0 bridgehead atoms. The van der Waals surface area contributed by atoms with E-state index < -0.39 is 6.36 Å². The van der Waals surface area contributed by atoms with E-state index in [0.717, 1.165) is 12.8 Å². The fourth-order valence-corrected chi connectivity index (χ4v) is 1.58. The predicted octanol–water partition coefficient (Wildman–Crippen LogP) is 1.76. The molecule has 0 radical (unpaired) electrons. The molecule has 1 rings (SSSR count). The highest BCUT2D eigenvalue weighted by atomic mass is 19.4. The highest BCUT2D eigenvalue weighted by Gasteiger charge is 2.29. The lowest BCUT2D eigenvalue weighted by atomic mass is 9.99. The Hall–Kier alpha value is -0.800. The third-order valence-corrected chi connectivity index (χ3v) is 2.44. The van der Waals surface area contributed by atoms with Crippen LogP contribution in [0, 0.1) is 17.2 Å². The number of rotatable bonds is 3. The summed E-state index contributed by atoms with van der Waals surface area (Å²) in [6.45, 7) is 1.30. The minimum Gasteiger partial charge on any atom is -0.301 e. The number of hydrogen-bond acceptors (Lipinski definition) is 3. The van der Waals surface area contributed by atoms with Crippen molar-refractivity contribution in [2.45, 2.75) is 19.2 Å². The molecule has 1 fully saturated rings. The van der Waals surface area contributed by atoms with Gasteiger partial charge < -0.3 is 4.90 Å². The van der Waals surface area contributed by atoms with Crippen LogP contribution in [0.1, 0.15) is 12.8 Å². The van der Waals surface area contributed by atoms with E-state index in [2.05, 4.69) is 10.8 Å². The third-order valence-electron chi connectivity index (χ3n) is 2.44. The molecular weight excluding hydrogens is 209 g/mol. The number of nitrogens with zero attached hydrogens (tertiary/aromatic N) is 2. The van der Waals surface area contributed by atoms with E-state index in [1.807, 2.05) is 4.90 Å². The van der Waals surface area contributed by atoms with Crippen molar-refractivity contribution in [1.82, 2.24) is 4.90 Å². The van der Waals surface area contributed by atoms with Crippen LogP contribution in [0.15, 0.2) is 0 Å². The summed E-state index contributed by atoms with van der Waals surface area (Å²) < 4.78 is 38.6. The quantitative estimate of drug-likeness (QED) is 0.730. The summed E-state index contributed by atoms with van der Waals surface area (Å²) >= 11 is 0. The first-order chi connectivity index (χ1) is 7.01. The molecule has 86 valence electrons. The van der Waals surface area contributed by atoms with Crippen molar-refractivity contribution >= 4 is 0 Å². The number of likely N-dealkylation sites (tertiary alicyclic amines) is 1. The lowest BCUT2D eigenvalue weighted by Gasteiger charge is -2.28. The van der Waals surface area contributed by atoms with E-state index in [9.17, 15) is 13.2 Å². The van der Waals surface area contributed by atoms with Gasteiger partial charge in [-0.05, 0) is 25.9 Å². The van der Waals surface area contributed by atoms with Crippen LogP contribution in [0.4, 0.5) is 13.2 Å². The first-order valence-electron chi connectivity index (χ1n) is 4.84. The Balaban J connectivity index is 2.12. The average molecular weight is 222 g/mol. The largest absolute Gasteiger partial charge is 0.522 e. The Labute approximate surface area is 86.4 Å². The Morgan fingerprint density at radius 1 is 1.33 bits per heavy atom. The van der Waals surface area contributed by atoms with E-state index in [0.29, 0.717) is 13.1 Å². The molecule has 0 aliphatic carbocycles. The smallest absolute Gasteiger partial charge is 0.301 e. The number of alkyl halides is 3. The van der Waals surface area contributed by atoms with Gasteiger partial charge >= 0.3 is 6.36 Å². The Kier molecular flexibility index (Phi) is 4.36. The fraction of sp³-hybridized carbons (Fsp3) is 0.889. The van der Waals surface area contributed by atoms with Crippen LogP contribution < -0.4 is 0 Å². The van der Waals surface area contributed by atoms with Gasteiger partial charge in [-0.3, -0.25) is 4.74 Å². The standard InChI is InChI=1S/C9H13F3N2O/c10-9(11,12)15-6-5-14-3-1-8(7-13)2-4-14/h8H,1-6H2. The maximum absolute atomic E-state index is 11.6. The van der Waals surface area contributed by atoms with Crippen molar-refractivity contribution in [3.8, 4) is 6.07 Å². The Bertz CT molecular complexity index is 228. The summed E-state index contributed by atoms with van der Waals surface area (Å²) in [7, 11) is 0. The summed E-state index contributed by atoms with van der Waals surface area (Å²) in [5.74, 6) is 0.0600. The van der Waals surface area contributed by atoms with Gasteiger partial charge in [-0.2, -0.15) is 5.26 Å². The van der Waals surface area contributed by atoms with Crippen molar-refractivity contribution in [2.24, 2.45) is 5.92 Å². The molecule has 0 N–H and O–H groups in total. The van der Waals surface area contributed by atoms with Crippen molar-refractivity contribution in [2.75, 3.05) is 26.2 Å². The minimum absolute atomic E-state index is 0.0600. The minimum atomic E-state index is -4.54. The Morgan fingerprint density at radius 2 is 1.93 bits per heavy atom. The van der Waals surface area contributed by atoms with Gasteiger partial charge in [0.25, 0.3) is 0 Å². The molecule has 0 saturated carbocycles. The number of halogens is 3. The normalized spacial score (nSPS) is 20.1. The van der Waals surface area contributed by atoms with E-state index in [4.69, 9.17) is 5.26 Å². The zero-order valence-electron chi connectivity index (χ0n) is 8.26. The van der Waals surface area contributed by atoms with Crippen LogP contribution in [0.3, 0.4) is 0 Å². The number of nitriles is 1. The van der Waals surface area contributed by atoms with Gasteiger partial charge in [0.2, 0.25) is 0 Å². The van der Waals surface area contributed by atoms with Crippen molar-refractivity contribution in [3.05, 3.63) is 0 Å². The van der Waals surface area contributed by atoms with Crippen LogP contribution >= 0.6 is 0 Å². The number of ether oxygens (including phenoxy) is 1. The fourth-order valence-electron chi connectivity index (χ4n) is 1.58. The first kappa shape index (κ1) is 12.3. The molecule has 15 heavy (non-hydrogen) atoms. The average Bonchev–Trinajstić information content (AvgIpc) is 2.17. The third kappa shape index (κ3) is 5.00. The molecule has 1 heterocycles. The van der Waals surface area contributed by atoms with Crippen molar-refractivity contribution in [1.29, 1.82) is 5.26 Å². The van der Waals surface area contributed by atoms with Crippen molar-refractivity contribution < 1.29 is 17.9 Å². The molecule has 6 heteroatoms. The number of piperidine rings is 1. The van der Waals surface area contributed by atoms with Gasteiger partial charge in [0.1, 0.15) is 0 Å². The van der Waals surface area contributed by atoms with Gasteiger partial charge in [-0.1, -0.05) is 0 Å². The molecule has 1 saturated heterocycles. The summed E-state index contributed by atoms with van der Waals surface area (Å²) in [6.07, 6.45) is -3.06. The topological polar surface area (TPSA) is 36.3 Å². The lowest BCUT2D eigenvalue weighted by Crippen LogP contribution is -2.36.